The van der Waals surface area contributed by atoms with E-state index in [0.717, 1.165) is 103 Å². The molecule has 0 aromatic carbocycles. The summed E-state index contributed by atoms with van der Waals surface area (Å²) in [5.41, 5.74) is 0. The summed E-state index contributed by atoms with van der Waals surface area (Å²) >= 11 is 0. The lowest BCUT2D eigenvalue weighted by molar-refractivity contribution is -0.161. The molecule has 3 N–H and O–H groups in total. The number of hydrogen-bond donors (Lipinski definition) is 3. The van der Waals surface area contributed by atoms with Crippen LogP contribution < -0.4 is 0 Å². The quantitative estimate of drug-likeness (QED) is 0.0222. The number of aliphatic hydroxyl groups is 1. The summed E-state index contributed by atoms with van der Waals surface area (Å²) in [6.45, 7) is 4.95. The molecule has 0 aliphatic heterocycles. The Morgan fingerprint density at radius 1 is 0.253 bits per heavy atom. The summed E-state index contributed by atoms with van der Waals surface area (Å²) in [4.78, 5) is 72.6. The molecule has 0 bridgehead atoms. The van der Waals surface area contributed by atoms with E-state index in [2.05, 4.69) is 27.7 Å². The number of ether oxygens (including phenoxy) is 4. The summed E-state index contributed by atoms with van der Waals surface area (Å²) in [7, 11) is -9.90. The van der Waals surface area contributed by atoms with Gasteiger partial charge >= 0.3 is 39.5 Å². The van der Waals surface area contributed by atoms with Crippen molar-refractivity contribution in [2.45, 2.75) is 425 Å². The molecule has 0 aliphatic rings. The Kier molecular flexibility index (Phi) is 69.1. The van der Waals surface area contributed by atoms with Crippen LogP contribution in [0.3, 0.4) is 0 Å². The number of aliphatic hydroxyl groups excluding tert-OH is 1. The van der Waals surface area contributed by atoms with Gasteiger partial charge in [0.1, 0.15) is 19.3 Å². The fraction of sp³-hybridized carbons (Fsp3) is 0.947. The largest absolute Gasteiger partial charge is 0.472 e. The first kappa shape index (κ1) is 93.1. The standard InChI is InChI=1S/C76H148O17P2/c1-5-9-13-17-21-24-27-30-31-32-33-34-35-36-37-38-41-44-47-51-55-59-63-76(81)93-72(67-87-74(79)61-57-53-49-45-42-39-28-25-22-18-14-10-6-2)69-91-95(84,85)89-65-70(77)64-88-94(82,83)90-68-71(66-86-73(78)60-56-52-48-20-16-12-8-4)92-75(80)62-58-54-50-46-43-40-29-26-23-19-15-11-7-3/h70-72,77H,5-69H2,1-4H3,(H,82,83)(H,84,85)/t70-,71+,72+/m0/s1. The molecule has 0 aromatic heterocycles. The van der Waals surface area contributed by atoms with Gasteiger partial charge in [-0.1, -0.05) is 355 Å². The lowest BCUT2D eigenvalue weighted by atomic mass is 10.0. The maximum Gasteiger partial charge on any atom is 0.472 e. The number of esters is 4. The second-order valence-electron chi connectivity index (χ2n) is 27.4. The SMILES string of the molecule is CCCCCCCCCCCCCCCCCCCCCCCCC(=O)O[C@H](COC(=O)CCCCCCCCCCCCCCC)COP(=O)(O)OC[C@@H](O)COP(=O)(O)OC[C@@H](COC(=O)CCCCCCCCC)OC(=O)CCCCCCCCCCCCCCC. The Morgan fingerprint density at radius 3 is 0.621 bits per heavy atom. The molecule has 95 heavy (non-hydrogen) atoms. The van der Waals surface area contributed by atoms with Crippen molar-refractivity contribution in [2.75, 3.05) is 39.6 Å². The maximum absolute atomic E-state index is 13.1. The van der Waals surface area contributed by atoms with E-state index >= 15 is 0 Å². The van der Waals surface area contributed by atoms with E-state index in [9.17, 15) is 43.2 Å². The summed E-state index contributed by atoms with van der Waals surface area (Å²) in [5, 5.41) is 10.6. The number of unbranched alkanes of at least 4 members (excludes halogenated alkanes) is 51. The van der Waals surface area contributed by atoms with E-state index in [1.165, 1.54) is 225 Å². The highest BCUT2D eigenvalue weighted by molar-refractivity contribution is 7.47. The van der Waals surface area contributed by atoms with Gasteiger partial charge in [0.2, 0.25) is 0 Å². The molecular formula is C76H148O17P2. The van der Waals surface area contributed by atoms with Gasteiger partial charge in [0.15, 0.2) is 12.2 Å². The van der Waals surface area contributed by atoms with Gasteiger partial charge < -0.3 is 33.8 Å². The van der Waals surface area contributed by atoms with Crippen LogP contribution in [0.5, 0.6) is 0 Å². The fourth-order valence-electron chi connectivity index (χ4n) is 11.8. The molecule has 0 rings (SSSR count). The molecule has 19 heteroatoms. The predicted octanol–water partition coefficient (Wildman–Crippen LogP) is 22.6. The lowest BCUT2D eigenvalue weighted by Crippen LogP contribution is -2.30. The van der Waals surface area contributed by atoms with Crippen molar-refractivity contribution in [2.24, 2.45) is 0 Å². The van der Waals surface area contributed by atoms with Gasteiger partial charge in [-0.05, 0) is 25.7 Å². The fourth-order valence-corrected chi connectivity index (χ4v) is 13.3. The second-order valence-corrected chi connectivity index (χ2v) is 30.3. The predicted molar refractivity (Wildman–Crippen MR) is 386 cm³/mol. The Morgan fingerprint density at radius 2 is 0.421 bits per heavy atom. The highest BCUT2D eigenvalue weighted by Gasteiger charge is 2.30. The highest BCUT2D eigenvalue weighted by atomic mass is 31.2. The molecule has 5 atom stereocenters. The van der Waals surface area contributed by atoms with Crippen LogP contribution in [0, 0.1) is 0 Å². The minimum Gasteiger partial charge on any atom is -0.462 e. The molecule has 0 spiro atoms. The average molecular weight is 1400 g/mol. The highest BCUT2D eigenvalue weighted by Crippen LogP contribution is 2.45. The molecule has 0 aromatic rings. The molecular weight excluding hydrogens is 1250 g/mol. The van der Waals surface area contributed by atoms with Crippen LogP contribution in [0.4, 0.5) is 0 Å². The Bertz CT molecular complexity index is 1810. The molecule has 0 radical (unpaired) electrons. The molecule has 17 nitrogen and oxygen atoms in total. The third-order valence-corrected chi connectivity index (χ3v) is 19.8. The molecule has 0 saturated carbocycles. The monoisotopic (exact) mass is 1400 g/mol. The summed E-state index contributed by atoms with van der Waals surface area (Å²) in [5.74, 6) is -2.12. The molecule has 0 aliphatic carbocycles. The first-order valence-electron chi connectivity index (χ1n) is 39.8. The molecule has 0 heterocycles. The topological polar surface area (TPSA) is 237 Å². The minimum absolute atomic E-state index is 0.108. The number of hydrogen-bond acceptors (Lipinski definition) is 15. The van der Waals surface area contributed by atoms with Crippen molar-refractivity contribution in [3.05, 3.63) is 0 Å². The molecule has 2 unspecified atom stereocenters. The van der Waals surface area contributed by atoms with Gasteiger partial charge in [-0.2, -0.15) is 0 Å². The van der Waals surface area contributed by atoms with Crippen LogP contribution in [-0.4, -0.2) is 96.7 Å². The number of carbonyl (C=O) groups is 4. The van der Waals surface area contributed by atoms with Crippen molar-refractivity contribution in [3.8, 4) is 0 Å². The van der Waals surface area contributed by atoms with Crippen LogP contribution in [0.15, 0.2) is 0 Å². The van der Waals surface area contributed by atoms with Crippen molar-refractivity contribution in [1.82, 2.24) is 0 Å². The van der Waals surface area contributed by atoms with Crippen molar-refractivity contribution >= 4 is 39.5 Å². The van der Waals surface area contributed by atoms with Gasteiger partial charge in [-0.15, -0.1) is 0 Å². The summed E-state index contributed by atoms with van der Waals surface area (Å²) in [6, 6.07) is 0. The average Bonchev–Trinajstić information content (AvgIpc) is 3.64. The number of phosphoric ester groups is 2. The van der Waals surface area contributed by atoms with Gasteiger partial charge in [0.05, 0.1) is 26.4 Å². The van der Waals surface area contributed by atoms with Gasteiger partial charge in [0, 0.05) is 25.7 Å². The van der Waals surface area contributed by atoms with Crippen molar-refractivity contribution in [1.29, 1.82) is 0 Å². The first-order chi connectivity index (χ1) is 46.2. The zero-order valence-corrected chi connectivity index (χ0v) is 63.4. The van der Waals surface area contributed by atoms with Crippen LogP contribution in [0.25, 0.3) is 0 Å². The third kappa shape index (κ3) is 70.3. The molecule has 0 fully saturated rings. The summed E-state index contributed by atoms with van der Waals surface area (Å²) in [6.07, 6.45) is 61.2. The zero-order chi connectivity index (χ0) is 69.7. The number of phosphoric acid groups is 2. The van der Waals surface area contributed by atoms with Crippen LogP contribution >= 0.6 is 15.6 Å². The smallest absolute Gasteiger partial charge is 0.462 e. The second kappa shape index (κ2) is 70.5. The number of rotatable bonds is 77. The Labute approximate surface area is 581 Å². The van der Waals surface area contributed by atoms with Crippen LogP contribution in [0.2, 0.25) is 0 Å². The first-order valence-corrected chi connectivity index (χ1v) is 42.8. The van der Waals surface area contributed by atoms with Crippen LogP contribution in [-0.2, 0) is 65.4 Å². The molecule has 0 saturated heterocycles. The zero-order valence-electron chi connectivity index (χ0n) is 61.6. The number of carbonyl (C=O) groups excluding carboxylic acids is 4. The van der Waals surface area contributed by atoms with E-state index in [1.807, 2.05) is 0 Å². The minimum atomic E-state index is -4.95. The van der Waals surface area contributed by atoms with E-state index < -0.39 is 97.5 Å². The van der Waals surface area contributed by atoms with Gasteiger partial charge in [0.25, 0.3) is 0 Å². The van der Waals surface area contributed by atoms with Crippen molar-refractivity contribution in [3.63, 3.8) is 0 Å². The maximum atomic E-state index is 13.1. The third-order valence-electron chi connectivity index (χ3n) is 17.9. The van der Waals surface area contributed by atoms with Gasteiger partial charge in [-0.3, -0.25) is 37.3 Å². The molecule has 564 valence electrons. The Hall–Kier alpha value is -1.94. The Balaban J connectivity index is 5.13. The summed E-state index contributed by atoms with van der Waals surface area (Å²) < 4.78 is 68.4. The van der Waals surface area contributed by atoms with E-state index in [1.54, 1.807) is 0 Å². The molecule has 0 amide bonds. The lowest BCUT2D eigenvalue weighted by Gasteiger charge is -2.21. The van der Waals surface area contributed by atoms with E-state index in [4.69, 9.17) is 37.0 Å². The van der Waals surface area contributed by atoms with Crippen molar-refractivity contribution < 1.29 is 80.2 Å². The van der Waals surface area contributed by atoms with E-state index in [0.29, 0.717) is 25.7 Å². The van der Waals surface area contributed by atoms with Crippen LogP contribution in [0.1, 0.15) is 407 Å². The van der Waals surface area contributed by atoms with E-state index in [-0.39, 0.29) is 25.7 Å². The van der Waals surface area contributed by atoms with Gasteiger partial charge in [-0.25, -0.2) is 9.13 Å². The normalized spacial score (nSPS) is 13.9.